The van der Waals surface area contributed by atoms with Crippen molar-refractivity contribution >= 4 is 0 Å². The van der Waals surface area contributed by atoms with Crippen molar-refractivity contribution < 1.29 is 4.57 Å². The summed E-state index contributed by atoms with van der Waals surface area (Å²) in [7, 11) is 2.10. The van der Waals surface area contributed by atoms with Gasteiger partial charge in [-0.3, -0.25) is 0 Å². The van der Waals surface area contributed by atoms with Crippen molar-refractivity contribution in [3.63, 3.8) is 0 Å². The zero-order chi connectivity index (χ0) is 9.14. The minimum absolute atomic E-state index is 1.16. The molecule has 0 saturated carbocycles. The average Bonchev–Trinajstić information content (AvgIpc) is 2.25. The first-order valence-electron chi connectivity index (χ1n) is 4.69. The molecule has 0 aliphatic heterocycles. The van der Waals surface area contributed by atoms with E-state index < -0.39 is 0 Å². The molecule has 0 aliphatic carbocycles. The number of aryl methyl sites for hydroxylation is 2. The van der Waals surface area contributed by atoms with Gasteiger partial charge in [-0.2, -0.15) is 0 Å². The molecule has 0 aromatic carbocycles. The van der Waals surface area contributed by atoms with E-state index in [0.717, 1.165) is 6.54 Å². The van der Waals surface area contributed by atoms with Crippen LogP contribution in [-0.4, -0.2) is 4.57 Å². The Morgan fingerprint density at radius 2 is 2.08 bits per heavy atom. The molecule has 1 heterocycles. The van der Waals surface area contributed by atoms with Crippen LogP contribution in [0.4, 0.5) is 0 Å². The lowest BCUT2D eigenvalue weighted by atomic mass is 10.3. The van der Waals surface area contributed by atoms with Gasteiger partial charge in [-0.15, -0.1) is 0 Å². The molecule has 0 unspecified atom stereocenters. The highest BCUT2D eigenvalue weighted by Crippen LogP contribution is 2.03. The molecule has 0 saturated heterocycles. The van der Waals surface area contributed by atoms with Crippen LogP contribution in [0.2, 0.25) is 0 Å². The number of hydrogen-bond donors (Lipinski definition) is 0. The van der Waals surface area contributed by atoms with E-state index in [4.69, 9.17) is 0 Å². The number of unbranched alkanes of at least 4 members (excludes halogenated alkanes) is 1. The molecule has 1 aromatic rings. The third-order valence-corrected chi connectivity index (χ3v) is 2.44. The molecule has 0 atom stereocenters. The van der Waals surface area contributed by atoms with Crippen LogP contribution in [0.25, 0.3) is 0 Å². The van der Waals surface area contributed by atoms with Gasteiger partial charge in [-0.1, -0.05) is 13.3 Å². The van der Waals surface area contributed by atoms with Crippen LogP contribution < -0.4 is 4.57 Å². The second kappa shape index (κ2) is 3.74. The number of imidazole rings is 1. The first-order chi connectivity index (χ1) is 5.66. The smallest absolute Gasteiger partial charge is 0.237 e. The fourth-order valence-electron chi connectivity index (χ4n) is 1.54. The highest BCUT2D eigenvalue weighted by atomic mass is 15.1. The summed E-state index contributed by atoms with van der Waals surface area (Å²) in [6.45, 7) is 7.73. The molecule has 1 aromatic heterocycles. The Kier molecular flexibility index (Phi) is 2.90. The quantitative estimate of drug-likeness (QED) is 0.606. The summed E-state index contributed by atoms with van der Waals surface area (Å²) in [6.07, 6.45) is 4.72. The van der Waals surface area contributed by atoms with Crippen LogP contribution >= 0.6 is 0 Å². The second-order valence-corrected chi connectivity index (χ2v) is 3.43. The summed E-state index contributed by atoms with van der Waals surface area (Å²) in [5, 5.41) is 0. The minimum atomic E-state index is 1.16. The molecule has 0 N–H and O–H groups in total. The molecule has 0 amide bonds. The van der Waals surface area contributed by atoms with Gasteiger partial charge in [0, 0.05) is 13.8 Å². The van der Waals surface area contributed by atoms with Crippen molar-refractivity contribution in [3.8, 4) is 0 Å². The molecular weight excluding hydrogens is 148 g/mol. The molecular formula is C10H19N2+. The van der Waals surface area contributed by atoms with E-state index in [-0.39, 0.29) is 0 Å². The Hall–Kier alpha value is -0.790. The van der Waals surface area contributed by atoms with Crippen LogP contribution in [-0.2, 0) is 13.6 Å². The van der Waals surface area contributed by atoms with Gasteiger partial charge in [0.15, 0.2) is 0 Å². The fourth-order valence-corrected chi connectivity index (χ4v) is 1.54. The van der Waals surface area contributed by atoms with E-state index in [1.54, 1.807) is 0 Å². The monoisotopic (exact) mass is 167 g/mol. The molecule has 2 nitrogen and oxygen atoms in total. The Morgan fingerprint density at radius 1 is 1.42 bits per heavy atom. The van der Waals surface area contributed by atoms with Crippen LogP contribution in [0.1, 0.15) is 31.3 Å². The Bertz CT molecular complexity index is 261. The van der Waals surface area contributed by atoms with Crippen molar-refractivity contribution in [1.29, 1.82) is 0 Å². The van der Waals surface area contributed by atoms with Crippen LogP contribution in [0.5, 0.6) is 0 Å². The van der Waals surface area contributed by atoms with E-state index in [1.807, 2.05) is 0 Å². The Labute approximate surface area is 74.8 Å². The van der Waals surface area contributed by atoms with Crippen molar-refractivity contribution in [2.24, 2.45) is 7.05 Å². The largest absolute Gasteiger partial charge is 0.253 e. The molecule has 0 bridgehead atoms. The van der Waals surface area contributed by atoms with Gasteiger partial charge in [-0.05, 0) is 6.42 Å². The molecule has 0 aliphatic rings. The predicted octanol–water partition coefficient (Wildman–Crippen LogP) is 1.73. The van der Waals surface area contributed by atoms with E-state index in [0.29, 0.717) is 0 Å². The standard InChI is InChI=1S/C10H19N2/c1-5-6-7-12-9(2)8-11(4)10(12)3/h8H,5-7H2,1-4H3/q+1. The fraction of sp³-hybridized carbons (Fsp3) is 0.700. The molecule has 1 rings (SSSR count). The van der Waals surface area contributed by atoms with Gasteiger partial charge in [0.05, 0.1) is 13.6 Å². The second-order valence-electron chi connectivity index (χ2n) is 3.43. The first-order valence-corrected chi connectivity index (χ1v) is 4.69. The van der Waals surface area contributed by atoms with Gasteiger partial charge >= 0.3 is 0 Å². The van der Waals surface area contributed by atoms with E-state index in [1.165, 1.54) is 24.4 Å². The van der Waals surface area contributed by atoms with Crippen molar-refractivity contribution in [2.45, 2.75) is 40.2 Å². The molecule has 68 valence electrons. The average molecular weight is 167 g/mol. The van der Waals surface area contributed by atoms with Gasteiger partial charge in [0.1, 0.15) is 11.9 Å². The first kappa shape index (κ1) is 9.30. The number of aromatic nitrogens is 2. The van der Waals surface area contributed by atoms with Crippen molar-refractivity contribution in [2.75, 3.05) is 0 Å². The lowest BCUT2D eigenvalue weighted by Gasteiger charge is -1.98. The maximum atomic E-state index is 2.38. The summed E-state index contributed by atoms with van der Waals surface area (Å²) in [4.78, 5) is 0. The number of rotatable bonds is 3. The molecule has 12 heavy (non-hydrogen) atoms. The van der Waals surface area contributed by atoms with E-state index in [9.17, 15) is 0 Å². The summed E-state index contributed by atoms with van der Waals surface area (Å²) >= 11 is 0. The predicted molar refractivity (Wildman–Crippen MR) is 50.0 cm³/mol. The third-order valence-electron chi connectivity index (χ3n) is 2.44. The zero-order valence-corrected chi connectivity index (χ0v) is 8.59. The van der Waals surface area contributed by atoms with Gasteiger partial charge in [0.2, 0.25) is 0 Å². The highest BCUT2D eigenvalue weighted by molar-refractivity contribution is 4.94. The van der Waals surface area contributed by atoms with Crippen molar-refractivity contribution in [1.82, 2.24) is 4.57 Å². The van der Waals surface area contributed by atoms with Gasteiger partial charge in [-0.25, -0.2) is 9.13 Å². The van der Waals surface area contributed by atoms with Crippen LogP contribution in [0, 0.1) is 13.8 Å². The van der Waals surface area contributed by atoms with Gasteiger partial charge < -0.3 is 0 Å². The van der Waals surface area contributed by atoms with E-state index >= 15 is 0 Å². The normalized spacial score (nSPS) is 10.7. The minimum Gasteiger partial charge on any atom is -0.237 e. The van der Waals surface area contributed by atoms with Crippen LogP contribution in [0.3, 0.4) is 0 Å². The Morgan fingerprint density at radius 3 is 2.50 bits per heavy atom. The zero-order valence-electron chi connectivity index (χ0n) is 8.59. The third kappa shape index (κ3) is 1.68. The lowest BCUT2D eigenvalue weighted by Crippen LogP contribution is -2.29. The van der Waals surface area contributed by atoms with Crippen LogP contribution in [0.15, 0.2) is 6.20 Å². The van der Waals surface area contributed by atoms with E-state index in [2.05, 4.69) is 43.1 Å². The van der Waals surface area contributed by atoms with Crippen molar-refractivity contribution in [3.05, 3.63) is 17.7 Å². The SMILES string of the molecule is CCCCn1c(C)c[n+](C)c1C. The number of nitrogens with zero attached hydrogens (tertiary/aromatic N) is 2. The maximum absolute atomic E-state index is 2.38. The Balaban J connectivity index is 2.82. The molecule has 0 spiro atoms. The summed E-state index contributed by atoms with van der Waals surface area (Å²) in [5.74, 6) is 1.35. The molecule has 0 radical (unpaired) electrons. The lowest BCUT2D eigenvalue weighted by molar-refractivity contribution is -0.677. The molecule has 0 fully saturated rings. The highest BCUT2D eigenvalue weighted by Gasteiger charge is 2.12. The molecule has 2 heteroatoms. The topological polar surface area (TPSA) is 8.81 Å². The maximum Gasteiger partial charge on any atom is 0.253 e. The number of hydrogen-bond acceptors (Lipinski definition) is 0. The summed E-state index contributed by atoms with van der Waals surface area (Å²) in [6, 6.07) is 0. The summed E-state index contributed by atoms with van der Waals surface area (Å²) in [5.41, 5.74) is 1.36. The summed E-state index contributed by atoms with van der Waals surface area (Å²) < 4.78 is 4.56. The van der Waals surface area contributed by atoms with Gasteiger partial charge in [0.25, 0.3) is 5.82 Å².